The van der Waals surface area contributed by atoms with Gasteiger partial charge < -0.3 is 4.74 Å². The molecule has 1 heterocycles. The van der Waals surface area contributed by atoms with E-state index in [9.17, 15) is 30.0 Å². The summed E-state index contributed by atoms with van der Waals surface area (Å²) in [5.41, 5.74) is -1.34. The van der Waals surface area contributed by atoms with Gasteiger partial charge in [0.15, 0.2) is 0 Å². The number of methoxy groups -OCH3 is 1. The van der Waals surface area contributed by atoms with Gasteiger partial charge in [-0.2, -0.15) is 13.2 Å². The maximum Gasteiger partial charge on any atom is 0.416 e. The van der Waals surface area contributed by atoms with Crippen molar-refractivity contribution >= 4 is 52.8 Å². The van der Waals surface area contributed by atoms with Crippen LogP contribution in [0.4, 0.5) is 24.5 Å². The molecule has 0 aliphatic rings. The maximum absolute atomic E-state index is 13.4. The minimum atomic E-state index is -4.78. The number of thiophene rings is 1. The van der Waals surface area contributed by atoms with Crippen LogP contribution >= 0.6 is 11.3 Å². The van der Waals surface area contributed by atoms with Gasteiger partial charge >= 0.3 is 6.18 Å². The van der Waals surface area contributed by atoms with E-state index in [2.05, 4.69) is 4.72 Å². The van der Waals surface area contributed by atoms with Gasteiger partial charge in [-0.15, -0.1) is 11.3 Å². The number of hydrogen-bond acceptors (Lipinski definition) is 6. The van der Waals surface area contributed by atoms with Crippen LogP contribution in [0.25, 0.3) is 10.1 Å². The van der Waals surface area contributed by atoms with Crippen LogP contribution in [0.5, 0.6) is 5.75 Å². The summed E-state index contributed by atoms with van der Waals surface area (Å²) in [7, 11) is -6.47. The molecule has 0 fully saturated rings. The second kappa shape index (κ2) is 9.30. The molecule has 190 valence electrons. The second-order valence-electron chi connectivity index (χ2n) is 7.56. The standard InChI is InChI=1S/C23H19F3N2O5S3/c1-28(36(31,32)21-14-16(23(24,25)26)11-12-19(21)33-2)18-9-5-4-8-17(18)27-35(29,30)22-13-15-7-3-6-10-20(15)34-22/h3-14,27H,1-2H3. The van der Waals surface area contributed by atoms with Crippen molar-refractivity contribution in [2.24, 2.45) is 0 Å². The number of benzene rings is 3. The lowest BCUT2D eigenvalue weighted by Gasteiger charge is -2.24. The molecule has 0 amide bonds. The number of hydrogen-bond donors (Lipinski definition) is 1. The summed E-state index contributed by atoms with van der Waals surface area (Å²) in [6.07, 6.45) is -4.78. The number of nitrogens with zero attached hydrogens (tertiary/aromatic N) is 1. The lowest BCUT2D eigenvalue weighted by Crippen LogP contribution is -2.28. The van der Waals surface area contributed by atoms with Crippen LogP contribution in [0.15, 0.2) is 81.9 Å². The molecule has 36 heavy (non-hydrogen) atoms. The van der Waals surface area contributed by atoms with Crippen LogP contribution in [0, 0.1) is 0 Å². The minimum Gasteiger partial charge on any atom is -0.495 e. The van der Waals surface area contributed by atoms with E-state index in [4.69, 9.17) is 4.74 Å². The Bertz CT molecular complexity index is 1620. The number of alkyl halides is 3. The smallest absolute Gasteiger partial charge is 0.416 e. The van der Waals surface area contributed by atoms with Gasteiger partial charge in [0, 0.05) is 11.7 Å². The monoisotopic (exact) mass is 556 g/mol. The molecule has 0 aliphatic heterocycles. The van der Waals surface area contributed by atoms with E-state index in [1.165, 1.54) is 30.3 Å². The van der Waals surface area contributed by atoms with Gasteiger partial charge in [-0.25, -0.2) is 16.8 Å². The SMILES string of the molecule is COc1ccc(C(F)(F)F)cc1S(=O)(=O)N(C)c1ccccc1NS(=O)(=O)c1cc2ccccc2s1. The zero-order chi connectivity index (χ0) is 26.3. The Balaban J connectivity index is 1.75. The molecule has 0 saturated heterocycles. The largest absolute Gasteiger partial charge is 0.495 e. The fraction of sp³-hybridized carbons (Fsp3) is 0.130. The first-order valence-corrected chi connectivity index (χ1v) is 13.9. The molecule has 0 atom stereocenters. The first-order valence-electron chi connectivity index (χ1n) is 10.2. The summed E-state index contributed by atoms with van der Waals surface area (Å²) in [4.78, 5) is -0.718. The minimum absolute atomic E-state index is 0.0172. The molecule has 0 bridgehead atoms. The van der Waals surface area contributed by atoms with Gasteiger partial charge in [-0.1, -0.05) is 30.3 Å². The summed E-state index contributed by atoms with van der Waals surface area (Å²) >= 11 is 1.04. The molecule has 0 spiro atoms. The van der Waals surface area contributed by atoms with Crippen molar-refractivity contribution in [3.05, 3.63) is 78.4 Å². The zero-order valence-corrected chi connectivity index (χ0v) is 21.2. The van der Waals surface area contributed by atoms with Gasteiger partial charge in [0.05, 0.1) is 24.0 Å². The summed E-state index contributed by atoms with van der Waals surface area (Å²) in [6, 6.07) is 16.4. The molecule has 3 aromatic carbocycles. The van der Waals surface area contributed by atoms with Crippen molar-refractivity contribution in [3.63, 3.8) is 0 Å². The van der Waals surface area contributed by atoms with Gasteiger partial charge in [0.25, 0.3) is 20.0 Å². The highest BCUT2D eigenvalue weighted by atomic mass is 32.2. The number of anilines is 2. The maximum atomic E-state index is 13.4. The van der Waals surface area contributed by atoms with Crippen LogP contribution in [-0.2, 0) is 26.2 Å². The Morgan fingerprint density at radius 1 is 0.917 bits per heavy atom. The number of halogens is 3. The van der Waals surface area contributed by atoms with Crippen LogP contribution in [-0.4, -0.2) is 31.0 Å². The Morgan fingerprint density at radius 3 is 2.25 bits per heavy atom. The number of fused-ring (bicyclic) bond motifs is 1. The van der Waals surface area contributed by atoms with E-state index in [0.717, 1.165) is 41.6 Å². The predicted molar refractivity (Wildman–Crippen MR) is 133 cm³/mol. The summed E-state index contributed by atoms with van der Waals surface area (Å²) < 4.78 is 102. The van der Waals surface area contributed by atoms with Crippen LogP contribution in [0.2, 0.25) is 0 Å². The summed E-state index contributed by atoms with van der Waals surface area (Å²) in [5.74, 6) is -0.293. The highest BCUT2D eigenvalue weighted by molar-refractivity contribution is 7.95. The number of ether oxygens (including phenoxy) is 1. The summed E-state index contributed by atoms with van der Waals surface area (Å²) in [5, 5.41) is 0.729. The molecule has 7 nitrogen and oxygen atoms in total. The average Bonchev–Trinajstić information content (AvgIpc) is 3.28. The number of sulfonamides is 2. The van der Waals surface area contributed by atoms with Crippen molar-refractivity contribution in [1.29, 1.82) is 0 Å². The third kappa shape index (κ3) is 4.86. The zero-order valence-electron chi connectivity index (χ0n) is 18.8. The third-order valence-electron chi connectivity index (χ3n) is 5.28. The fourth-order valence-electron chi connectivity index (χ4n) is 3.45. The lowest BCUT2D eigenvalue weighted by atomic mass is 10.2. The molecule has 0 radical (unpaired) electrons. The van der Waals surface area contributed by atoms with Crippen LogP contribution in [0.3, 0.4) is 0 Å². The quantitative estimate of drug-likeness (QED) is 0.322. The summed E-state index contributed by atoms with van der Waals surface area (Å²) in [6.45, 7) is 0. The van der Waals surface area contributed by atoms with Gasteiger partial charge in [0.1, 0.15) is 14.9 Å². The Labute approximate surface area is 209 Å². The molecule has 4 aromatic rings. The molecule has 4 rings (SSSR count). The topological polar surface area (TPSA) is 92.8 Å². The van der Waals surface area contributed by atoms with E-state index in [1.807, 2.05) is 0 Å². The molecule has 1 aromatic heterocycles. The molecular formula is C23H19F3N2O5S3. The third-order valence-corrected chi connectivity index (χ3v) is 10.0. The van der Waals surface area contributed by atoms with Crippen molar-refractivity contribution in [2.75, 3.05) is 23.2 Å². The molecule has 1 N–H and O–H groups in total. The molecule has 0 unspecified atom stereocenters. The van der Waals surface area contributed by atoms with E-state index in [1.54, 1.807) is 24.3 Å². The van der Waals surface area contributed by atoms with Crippen LogP contribution in [0.1, 0.15) is 5.56 Å². The Hall–Kier alpha value is -3.29. The molecular weight excluding hydrogens is 537 g/mol. The van der Waals surface area contributed by atoms with E-state index >= 15 is 0 Å². The number of rotatable bonds is 7. The predicted octanol–water partition coefficient (Wildman–Crippen LogP) is 5.55. The number of para-hydroxylation sites is 2. The van der Waals surface area contributed by atoms with Crippen LogP contribution < -0.4 is 13.8 Å². The van der Waals surface area contributed by atoms with Gasteiger partial charge in [-0.3, -0.25) is 9.03 Å². The second-order valence-corrected chi connectivity index (χ2v) is 12.5. The van der Waals surface area contributed by atoms with E-state index in [0.29, 0.717) is 16.4 Å². The van der Waals surface area contributed by atoms with E-state index < -0.39 is 36.7 Å². The average molecular weight is 557 g/mol. The highest BCUT2D eigenvalue weighted by Crippen LogP contribution is 2.38. The fourth-order valence-corrected chi connectivity index (χ4v) is 7.32. The van der Waals surface area contributed by atoms with Gasteiger partial charge in [0.2, 0.25) is 0 Å². The highest BCUT2D eigenvalue weighted by Gasteiger charge is 2.35. The first kappa shape index (κ1) is 25.8. The molecule has 0 aliphatic carbocycles. The van der Waals surface area contributed by atoms with Crippen molar-refractivity contribution in [1.82, 2.24) is 0 Å². The van der Waals surface area contributed by atoms with Crippen molar-refractivity contribution < 1.29 is 34.7 Å². The van der Waals surface area contributed by atoms with Crippen molar-refractivity contribution in [2.45, 2.75) is 15.3 Å². The Morgan fingerprint density at radius 2 is 1.58 bits per heavy atom. The van der Waals surface area contributed by atoms with E-state index in [-0.39, 0.29) is 21.3 Å². The molecule has 13 heteroatoms. The van der Waals surface area contributed by atoms with Gasteiger partial charge in [-0.05, 0) is 47.9 Å². The number of nitrogens with one attached hydrogen (secondary N) is 1. The molecule has 0 saturated carbocycles. The van der Waals surface area contributed by atoms with Crippen molar-refractivity contribution in [3.8, 4) is 5.75 Å². The lowest BCUT2D eigenvalue weighted by molar-refractivity contribution is -0.137. The normalized spacial score (nSPS) is 12.5. The Kier molecular flexibility index (Phi) is 6.66. The first-order chi connectivity index (χ1) is 16.8.